The van der Waals surface area contributed by atoms with Crippen LogP contribution in [0.3, 0.4) is 0 Å². The van der Waals surface area contributed by atoms with E-state index in [0.717, 1.165) is 28.1 Å². The molecule has 0 saturated heterocycles. The molecule has 0 aromatic carbocycles. The van der Waals surface area contributed by atoms with E-state index < -0.39 is 0 Å². The van der Waals surface area contributed by atoms with E-state index in [2.05, 4.69) is 13.8 Å². The quantitative estimate of drug-likeness (QED) is 0.586. The first kappa shape index (κ1) is 8.19. The molecule has 78 valence electrons. The number of fused-ring (bicyclic) bond motifs is 2. The molecule has 0 nitrogen and oxygen atoms in total. The second-order valence-electron chi connectivity index (χ2n) is 7.09. The maximum absolute atomic E-state index is 2.59. The Morgan fingerprint density at radius 3 is 2.00 bits per heavy atom. The van der Waals surface area contributed by atoms with E-state index in [0.29, 0.717) is 0 Å². The summed E-state index contributed by atoms with van der Waals surface area (Å²) in [6.07, 6.45) is 11.0. The van der Waals surface area contributed by atoms with Crippen LogP contribution in [0, 0.1) is 28.1 Å². The van der Waals surface area contributed by atoms with E-state index >= 15 is 0 Å². The molecule has 0 radical (unpaired) electrons. The SMILES string of the molecule is CC1C2CCC1(C13CCC1(C)CC3)C2. The lowest BCUT2D eigenvalue weighted by atomic mass is 9.27. The van der Waals surface area contributed by atoms with Gasteiger partial charge in [-0.2, -0.15) is 0 Å². The summed E-state index contributed by atoms with van der Waals surface area (Å²) in [4.78, 5) is 0. The van der Waals surface area contributed by atoms with Crippen LogP contribution >= 0.6 is 0 Å². The molecule has 0 N–H and O–H groups in total. The first-order valence-corrected chi connectivity index (χ1v) is 6.64. The van der Waals surface area contributed by atoms with Crippen LogP contribution < -0.4 is 0 Å². The van der Waals surface area contributed by atoms with E-state index in [1.165, 1.54) is 0 Å². The van der Waals surface area contributed by atoms with Crippen molar-refractivity contribution in [3.8, 4) is 0 Å². The van der Waals surface area contributed by atoms with Crippen LogP contribution in [0.15, 0.2) is 0 Å². The Hall–Kier alpha value is 0. The summed E-state index contributed by atoms with van der Waals surface area (Å²) in [6, 6.07) is 0. The Balaban J connectivity index is 1.76. The molecule has 0 heteroatoms. The van der Waals surface area contributed by atoms with Crippen molar-refractivity contribution in [2.45, 2.75) is 58.8 Å². The van der Waals surface area contributed by atoms with Crippen molar-refractivity contribution in [1.29, 1.82) is 0 Å². The molecule has 3 unspecified atom stereocenters. The van der Waals surface area contributed by atoms with Crippen molar-refractivity contribution >= 4 is 0 Å². The van der Waals surface area contributed by atoms with Crippen molar-refractivity contribution in [3.63, 3.8) is 0 Å². The Kier molecular flexibility index (Phi) is 1.14. The van der Waals surface area contributed by atoms with Crippen molar-refractivity contribution in [2.75, 3.05) is 0 Å². The summed E-state index contributed by atoms with van der Waals surface area (Å²) >= 11 is 0. The minimum atomic E-state index is 0.802. The van der Waals surface area contributed by atoms with Gasteiger partial charge in [-0.05, 0) is 73.0 Å². The maximum atomic E-state index is 2.59. The Morgan fingerprint density at radius 2 is 1.71 bits per heavy atom. The van der Waals surface area contributed by atoms with E-state index in [-0.39, 0.29) is 0 Å². The Morgan fingerprint density at radius 1 is 1.00 bits per heavy atom. The third-order valence-electron chi connectivity index (χ3n) is 7.48. The van der Waals surface area contributed by atoms with Crippen molar-refractivity contribution in [2.24, 2.45) is 28.1 Å². The molecule has 0 aromatic heterocycles. The molecule has 0 spiro atoms. The zero-order valence-electron chi connectivity index (χ0n) is 9.60. The molecule has 14 heavy (non-hydrogen) atoms. The Labute approximate surface area is 87.5 Å². The van der Waals surface area contributed by atoms with Crippen LogP contribution in [0.2, 0.25) is 0 Å². The molecular weight excluding hydrogens is 168 g/mol. The molecule has 5 rings (SSSR count). The molecule has 3 atom stereocenters. The van der Waals surface area contributed by atoms with E-state index in [1.807, 2.05) is 0 Å². The fraction of sp³-hybridized carbons (Fsp3) is 1.00. The molecule has 0 aromatic rings. The number of hydrogen-bond acceptors (Lipinski definition) is 0. The average Bonchev–Trinajstić information content (AvgIpc) is 2.75. The van der Waals surface area contributed by atoms with Crippen molar-refractivity contribution < 1.29 is 0 Å². The second-order valence-corrected chi connectivity index (χ2v) is 7.09. The lowest BCUT2D eigenvalue weighted by Gasteiger charge is -2.77. The van der Waals surface area contributed by atoms with Gasteiger partial charge in [0.2, 0.25) is 0 Å². The predicted molar refractivity (Wildman–Crippen MR) is 57.9 cm³/mol. The van der Waals surface area contributed by atoms with Gasteiger partial charge < -0.3 is 0 Å². The zero-order chi connectivity index (χ0) is 9.60. The number of rotatable bonds is 1. The second kappa shape index (κ2) is 1.95. The summed E-state index contributed by atoms with van der Waals surface area (Å²) < 4.78 is 0. The number of hydrogen-bond donors (Lipinski definition) is 0. The highest BCUT2D eigenvalue weighted by molar-refractivity contribution is 5.26. The maximum Gasteiger partial charge on any atom is -0.0184 e. The van der Waals surface area contributed by atoms with Crippen LogP contribution in [0.4, 0.5) is 0 Å². The van der Waals surface area contributed by atoms with Gasteiger partial charge in [0.25, 0.3) is 0 Å². The molecular formula is C14H22. The standard InChI is InChI=1S/C14H22/c1-10-11-3-4-13(10,9-11)14-7-5-12(14,2)6-8-14/h10-11H,3-9H2,1-2H3. The molecule has 0 heterocycles. The van der Waals surface area contributed by atoms with Crippen LogP contribution in [0.5, 0.6) is 0 Å². The zero-order valence-corrected chi connectivity index (χ0v) is 9.60. The lowest BCUT2D eigenvalue weighted by molar-refractivity contribution is -0.281. The first-order chi connectivity index (χ1) is 6.64. The van der Waals surface area contributed by atoms with E-state index in [1.54, 1.807) is 44.9 Å². The first-order valence-electron chi connectivity index (χ1n) is 6.64. The third-order valence-corrected chi connectivity index (χ3v) is 7.48. The van der Waals surface area contributed by atoms with Crippen molar-refractivity contribution in [3.05, 3.63) is 0 Å². The lowest BCUT2D eigenvalue weighted by Crippen LogP contribution is -2.69. The fourth-order valence-electron chi connectivity index (χ4n) is 6.17. The molecule has 5 saturated carbocycles. The van der Waals surface area contributed by atoms with E-state index in [9.17, 15) is 0 Å². The minimum absolute atomic E-state index is 0.802. The van der Waals surface area contributed by atoms with Gasteiger partial charge in [-0.25, -0.2) is 0 Å². The highest BCUT2D eigenvalue weighted by atomic mass is 14.8. The van der Waals surface area contributed by atoms with Gasteiger partial charge >= 0.3 is 0 Å². The van der Waals surface area contributed by atoms with Gasteiger partial charge in [0.1, 0.15) is 0 Å². The van der Waals surface area contributed by atoms with Crippen LogP contribution in [-0.4, -0.2) is 0 Å². The van der Waals surface area contributed by atoms with Gasteiger partial charge in [0, 0.05) is 0 Å². The summed E-state index contributed by atoms with van der Waals surface area (Å²) in [6.45, 7) is 5.15. The smallest absolute Gasteiger partial charge is 0.0184 e. The van der Waals surface area contributed by atoms with Gasteiger partial charge in [0.15, 0.2) is 0 Å². The van der Waals surface area contributed by atoms with Crippen LogP contribution in [-0.2, 0) is 0 Å². The van der Waals surface area contributed by atoms with Crippen LogP contribution in [0.25, 0.3) is 0 Å². The van der Waals surface area contributed by atoms with E-state index in [4.69, 9.17) is 0 Å². The molecule has 0 amide bonds. The monoisotopic (exact) mass is 190 g/mol. The molecule has 5 aliphatic rings. The Bertz CT molecular complexity index is 291. The van der Waals surface area contributed by atoms with Gasteiger partial charge in [-0.15, -0.1) is 0 Å². The summed E-state index contributed by atoms with van der Waals surface area (Å²) in [5.41, 5.74) is 2.51. The summed E-state index contributed by atoms with van der Waals surface area (Å²) in [7, 11) is 0. The highest BCUT2D eigenvalue weighted by Crippen LogP contribution is 2.85. The topological polar surface area (TPSA) is 0 Å². The van der Waals surface area contributed by atoms with Gasteiger partial charge in [-0.3, -0.25) is 0 Å². The normalized spacial score (nSPS) is 69.0. The van der Waals surface area contributed by atoms with Gasteiger partial charge in [-0.1, -0.05) is 13.8 Å². The molecule has 2 bridgehead atoms. The van der Waals surface area contributed by atoms with Gasteiger partial charge in [0.05, 0.1) is 0 Å². The van der Waals surface area contributed by atoms with Crippen molar-refractivity contribution in [1.82, 2.24) is 0 Å². The highest BCUT2D eigenvalue weighted by Gasteiger charge is 2.76. The molecule has 5 aliphatic carbocycles. The average molecular weight is 190 g/mol. The minimum Gasteiger partial charge on any atom is -0.0617 e. The predicted octanol–water partition coefficient (Wildman–Crippen LogP) is 4.00. The fourth-order valence-corrected chi connectivity index (χ4v) is 6.17. The van der Waals surface area contributed by atoms with Crippen LogP contribution in [0.1, 0.15) is 58.8 Å². The largest absolute Gasteiger partial charge is 0.0617 e. The molecule has 5 fully saturated rings. The summed E-state index contributed by atoms with van der Waals surface area (Å²) in [5.74, 6) is 2.22. The summed E-state index contributed by atoms with van der Waals surface area (Å²) in [5, 5.41) is 0. The molecule has 0 aliphatic heterocycles. The third kappa shape index (κ3) is 0.517.